The average Bonchev–Trinajstić information content (AvgIpc) is 2.30. The van der Waals surface area contributed by atoms with Crippen molar-refractivity contribution in [3.05, 3.63) is 46.0 Å². The van der Waals surface area contributed by atoms with Gasteiger partial charge in [-0.2, -0.15) is 0 Å². The largest absolute Gasteiger partial charge is 0.480 e. The third-order valence-electron chi connectivity index (χ3n) is 2.19. The van der Waals surface area contributed by atoms with Gasteiger partial charge in [0.1, 0.15) is 6.04 Å². The molecule has 0 saturated heterocycles. The number of halogens is 1. The fourth-order valence-corrected chi connectivity index (χ4v) is 1.54. The number of hydrogen-bond donors (Lipinski definition) is 2. The Kier molecular flexibility index (Phi) is 4.67. The number of aliphatic carboxylic acids is 1. The molecule has 0 saturated carbocycles. The number of nitro groups is 1. The van der Waals surface area contributed by atoms with E-state index in [0.29, 0.717) is 5.69 Å². The van der Waals surface area contributed by atoms with E-state index in [9.17, 15) is 14.9 Å². The highest BCUT2D eigenvalue weighted by molar-refractivity contribution is 6.33. The van der Waals surface area contributed by atoms with Gasteiger partial charge in [0.25, 0.3) is 5.69 Å². The molecule has 0 aliphatic heterocycles. The summed E-state index contributed by atoms with van der Waals surface area (Å²) in [7, 11) is 0. The second-order valence-corrected chi connectivity index (χ2v) is 3.89. The summed E-state index contributed by atoms with van der Waals surface area (Å²) < 4.78 is 0. The van der Waals surface area contributed by atoms with Crippen molar-refractivity contribution in [3.8, 4) is 0 Å². The third kappa shape index (κ3) is 3.46. The van der Waals surface area contributed by atoms with Crippen LogP contribution in [0, 0.1) is 10.1 Å². The van der Waals surface area contributed by atoms with E-state index in [1.165, 1.54) is 18.2 Å². The average molecular weight is 271 g/mol. The van der Waals surface area contributed by atoms with Gasteiger partial charge >= 0.3 is 5.97 Å². The smallest absolute Gasteiger partial charge is 0.326 e. The monoisotopic (exact) mass is 270 g/mol. The van der Waals surface area contributed by atoms with E-state index in [4.69, 9.17) is 16.7 Å². The predicted octanol–water partition coefficient (Wildman–Crippen LogP) is 2.69. The Labute approximate surface area is 108 Å². The van der Waals surface area contributed by atoms with Gasteiger partial charge in [0, 0.05) is 12.1 Å². The molecule has 0 aliphatic rings. The van der Waals surface area contributed by atoms with Crippen LogP contribution in [0.2, 0.25) is 5.02 Å². The van der Waals surface area contributed by atoms with Gasteiger partial charge in [-0.15, -0.1) is 6.58 Å². The third-order valence-corrected chi connectivity index (χ3v) is 2.51. The van der Waals surface area contributed by atoms with Gasteiger partial charge in [0.15, 0.2) is 0 Å². The van der Waals surface area contributed by atoms with Crippen LogP contribution in [0.1, 0.15) is 6.42 Å². The fraction of sp³-hybridized carbons (Fsp3) is 0.182. The fourth-order valence-electron chi connectivity index (χ4n) is 1.31. The van der Waals surface area contributed by atoms with E-state index in [1.807, 2.05) is 0 Å². The Morgan fingerprint density at radius 3 is 2.78 bits per heavy atom. The first-order chi connectivity index (χ1) is 8.45. The number of nitro benzene ring substituents is 1. The molecule has 18 heavy (non-hydrogen) atoms. The summed E-state index contributed by atoms with van der Waals surface area (Å²) in [5, 5.41) is 22.2. The molecule has 0 aliphatic carbocycles. The summed E-state index contributed by atoms with van der Waals surface area (Å²) in [5.41, 5.74) is 0.178. The zero-order valence-electron chi connectivity index (χ0n) is 9.30. The van der Waals surface area contributed by atoms with Crippen LogP contribution in [-0.4, -0.2) is 22.0 Å². The van der Waals surface area contributed by atoms with Crippen molar-refractivity contribution in [2.24, 2.45) is 0 Å². The van der Waals surface area contributed by atoms with E-state index in [-0.39, 0.29) is 17.1 Å². The molecule has 0 fully saturated rings. The van der Waals surface area contributed by atoms with Crippen molar-refractivity contribution in [2.75, 3.05) is 5.32 Å². The molecule has 0 bridgehead atoms. The summed E-state index contributed by atoms with van der Waals surface area (Å²) in [5.74, 6) is -1.05. The SMILES string of the molecule is C=CCC(Nc1ccc([N+](=O)[O-])cc1Cl)C(=O)O. The quantitative estimate of drug-likeness (QED) is 0.471. The number of anilines is 1. The Morgan fingerprint density at radius 1 is 1.67 bits per heavy atom. The van der Waals surface area contributed by atoms with Gasteiger partial charge < -0.3 is 10.4 Å². The summed E-state index contributed by atoms with van der Waals surface area (Å²) in [4.78, 5) is 20.9. The second-order valence-electron chi connectivity index (χ2n) is 3.48. The number of carboxylic acids is 1. The van der Waals surface area contributed by atoms with Crippen LogP contribution in [0.15, 0.2) is 30.9 Å². The second kappa shape index (κ2) is 6.02. The first kappa shape index (κ1) is 14.0. The van der Waals surface area contributed by atoms with Gasteiger partial charge in [0.05, 0.1) is 15.6 Å². The molecule has 0 aromatic heterocycles. The lowest BCUT2D eigenvalue weighted by atomic mass is 10.2. The van der Waals surface area contributed by atoms with Gasteiger partial charge in [-0.1, -0.05) is 17.7 Å². The predicted molar refractivity (Wildman–Crippen MR) is 68.0 cm³/mol. The number of nitrogens with one attached hydrogen (secondary N) is 1. The molecule has 1 unspecified atom stereocenters. The summed E-state index contributed by atoms with van der Waals surface area (Å²) in [6.07, 6.45) is 1.67. The highest BCUT2D eigenvalue weighted by Gasteiger charge is 2.17. The molecule has 2 N–H and O–H groups in total. The van der Waals surface area contributed by atoms with E-state index >= 15 is 0 Å². The van der Waals surface area contributed by atoms with Crippen molar-refractivity contribution < 1.29 is 14.8 Å². The highest BCUT2D eigenvalue weighted by Crippen LogP contribution is 2.27. The number of hydrogen-bond acceptors (Lipinski definition) is 4. The molecule has 1 atom stereocenters. The number of nitrogens with zero attached hydrogens (tertiary/aromatic N) is 1. The standard InChI is InChI=1S/C11H11ClN2O4/c1-2-3-10(11(15)16)13-9-5-4-7(14(17)18)6-8(9)12/h2,4-6,10,13H,1,3H2,(H,15,16). The molecule has 7 heteroatoms. The molecule has 96 valence electrons. The zero-order valence-corrected chi connectivity index (χ0v) is 10.1. The topological polar surface area (TPSA) is 92.5 Å². The van der Waals surface area contributed by atoms with Crippen LogP contribution in [-0.2, 0) is 4.79 Å². The lowest BCUT2D eigenvalue weighted by molar-refractivity contribution is -0.384. The van der Waals surface area contributed by atoms with E-state index in [1.54, 1.807) is 0 Å². The molecular weight excluding hydrogens is 260 g/mol. The summed E-state index contributed by atoms with van der Waals surface area (Å²) in [6, 6.07) is 2.92. The molecule has 6 nitrogen and oxygen atoms in total. The number of non-ortho nitro benzene ring substituents is 1. The number of rotatable bonds is 6. The summed E-state index contributed by atoms with van der Waals surface area (Å²) in [6.45, 7) is 3.46. The molecule has 1 aromatic carbocycles. The van der Waals surface area contributed by atoms with E-state index < -0.39 is 16.9 Å². The Balaban J connectivity index is 2.93. The molecule has 0 spiro atoms. The zero-order chi connectivity index (χ0) is 13.7. The van der Waals surface area contributed by atoms with E-state index in [0.717, 1.165) is 6.07 Å². The van der Waals surface area contributed by atoms with Crippen LogP contribution in [0.5, 0.6) is 0 Å². The first-order valence-corrected chi connectivity index (χ1v) is 5.37. The highest BCUT2D eigenvalue weighted by atomic mass is 35.5. The number of benzene rings is 1. The minimum Gasteiger partial charge on any atom is -0.480 e. The van der Waals surface area contributed by atoms with Crippen LogP contribution in [0.3, 0.4) is 0 Å². The van der Waals surface area contributed by atoms with Crippen LogP contribution in [0.4, 0.5) is 11.4 Å². The van der Waals surface area contributed by atoms with Crippen molar-refractivity contribution in [2.45, 2.75) is 12.5 Å². The van der Waals surface area contributed by atoms with Crippen molar-refractivity contribution >= 4 is 28.9 Å². The Bertz CT molecular complexity index is 490. The van der Waals surface area contributed by atoms with Gasteiger partial charge in [0.2, 0.25) is 0 Å². The normalized spacial score (nSPS) is 11.6. The number of carbonyl (C=O) groups is 1. The van der Waals surface area contributed by atoms with Crippen molar-refractivity contribution in [3.63, 3.8) is 0 Å². The molecular formula is C11H11ClN2O4. The van der Waals surface area contributed by atoms with Gasteiger partial charge in [-0.3, -0.25) is 10.1 Å². The maximum Gasteiger partial charge on any atom is 0.326 e. The van der Waals surface area contributed by atoms with E-state index in [2.05, 4.69) is 11.9 Å². The van der Waals surface area contributed by atoms with Gasteiger partial charge in [-0.25, -0.2) is 4.79 Å². The molecule has 0 heterocycles. The Morgan fingerprint density at radius 2 is 2.33 bits per heavy atom. The molecule has 0 radical (unpaired) electrons. The maximum atomic E-state index is 10.9. The van der Waals surface area contributed by atoms with Crippen molar-refractivity contribution in [1.82, 2.24) is 0 Å². The summed E-state index contributed by atoms with van der Waals surface area (Å²) >= 11 is 5.84. The van der Waals surface area contributed by atoms with Crippen molar-refractivity contribution in [1.29, 1.82) is 0 Å². The Hall–Kier alpha value is -2.08. The molecule has 1 rings (SSSR count). The lowest BCUT2D eigenvalue weighted by Crippen LogP contribution is -2.28. The van der Waals surface area contributed by atoms with Gasteiger partial charge in [-0.05, 0) is 12.5 Å². The molecule has 1 aromatic rings. The van der Waals surface area contributed by atoms with Crippen LogP contribution < -0.4 is 5.32 Å². The van der Waals surface area contributed by atoms with Crippen LogP contribution in [0.25, 0.3) is 0 Å². The first-order valence-electron chi connectivity index (χ1n) is 5.00. The minimum absolute atomic E-state index is 0.0968. The minimum atomic E-state index is -1.05. The molecule has 0 amide bonds. The van der Waals surface area contributed by atoms with Crippen LogP contribution >= 0.6 is 11.6 Å². The number of carboxylic acid groups (broad SMARTS) is 1. The lowest BCUT2D eigenvalue weighted by Gasteiger charge is -2.14. The maximum absolute atomic E-state index is 10.9.